The van der Waals surface area contributed by atoms with E-state index in [-0.39, 0.29) is 5.65 Å². The summed E-state index contributed by atoms with van der Waals surface area (Å²) in [5.74, 6) is -2.09. The molecule has 0 bridgehead atoms. The third kappa shape index (κ3) is 1.79. The Labute approximate surface area is 96.6 Å². The van der Waals surface area contributed by atoms with Gasteiger partial charge in [-0.2, -0.15) is 13.2 Å². The molecule has 6 nitrogen and oxygen atoms in total. The van der Waals surface area contributed by atoms with E-state index in [0.717, 1.165) is 10.6 Å². The first-order valence-electron chi connectivity index (χ1n) is 4.50. The molecule has 0 fully saturated rings. The number of pyridine rings is 1. The molecule has 0 radical (unpaired) electrons. The number of alkyl halides is 3. The van der Waals surface area contributed by atoms with E-state index in [1.54, 1.807) is 0 Å². The Hall–Kier alpha value is -2.45. The summed E-state index contributed by atoms with van der Waals surface area (Å²) in [6.45, 7) is 0. The van der Waals surface area contributed by atoms with Gasteiger partial charge in [-0.05, 0) is 17.3 Å². The number of carboxylic acids is 1. The standard InChI is InChI=1S/C9H4F3N3O3/c10-9(11,12)4-1-2-15-5(3-4)13-6(8(16)17)7(15)14-18/h1-3H,(H,16,17). The lowest BCUT2D eigenvalue weighted by atomic mass is 10.2. The van der Waals surface area contributed by atoms with Crippen LogP contribution in [0.4, 0.5) is 19.0 Å². The predicted molar refractivity (Wildman–Crippen MR) is 52.6 cm³/mol. The first-order chi connectivity index (χ1) is 8.34. The van der Waals surface area contributed by atoms with Gasteiger partial charge in [0.25, 0.3) is 0 Å². The van der Waals surface area contributed by atoms with E-state index in [1.165, 1.54) is 0 Å². The van der Waals surface area contributed by atoms with Gasteiger partial charge in [-0.15, -0.1) is 4.91 Å². The lowest BCUT2D eigenvalue weighted by Crippen LogP contribution is -2.05. The summed E-state index contributed by atoms with van der Waals surface area (Å²) in [4.78, 5) is 24.7. The topological polar surface area (TPSA) is 84.0 Å². The molecule has 0 aliphatic heterocycles. The van der Waals surface area contributed by atoms with Crippen molar-refractivity contribution in [3.8, 4) is 0 Å². The van der Waals surface area contributed by atoms with Crippen molar-refractivity contribution in [2.75, 3.05) is 0 Å². The summed E-state index contributed by atoms with van der Waals surface area (Å²) in [7, 11) is 0. The number of aromatic nitrogens is 2. The monoisotopic (exact) mass is 259 g/mol. The highest BCUT2D eigenvalue weighted by molar-refractivity contribution is 5.91. The highest BCUT2D eigenvalue weighted by Crippen LogP contribution is 2.31. The molecule has 1 N–H and O–H groups in total. The fourth-order valence-corrected chi connectivity index (χ4v) is 1.44. The van der Waals surface area contributed by atoms with Crippen molar-refractivity contribution >= 4 is 17.4 Å². The normalized spacial score (nSPS) is 11.7. The number of hydrogen-bond acceptors (Lipinski definition) is 4. The Morgan fingerprint density at radius 2 is 2.11 bits per heavy atom. The molecule has 2 rings (SSSR count). The minimum atomic E-state index is -4.58. The number of nitroso groups, excluding NO2 is 1. The molecule has 0 aromatic carbocycles. The van der Waals surface area contributed by atoms with Crippen LogP contribution in [0.1, 0.15) is 16.1 Å². The molecule has 2 aromatic rings. The Balaban J connectivity index is 2.73. The van der Waals surface area contributed by atoms with Gasteiger partial charge in [-0.3, -0.25) is 4.40 Å². The van der Waals surface area contributed by atoms with Crippen molar-refractivity contribution in [2.24, 2.45) is 5.18 Å². The summed E-state index contributed by atoms with van der Waals surface area (Å²) in [6.07, 6.45) is -3.68. The van der Waals surface area contributed by atoms with Crippen LogP contribution in [-0.2, 0) is 6.18 Å². The second kappa shape index (κ2) is 3.79. The summed E-state index contributed by atoms with van der Waals surface area (Å²) in [5, 5.41) is 11.2. The maximum absolute atomic E-state index is 12.4. The lowest BCUT2D eigenvalue weighted by Gasteiger charge is -2.05. The van der Waals surface area contributed by atoms with Gasteiger partial charge in [0.2, 0.25) is 5.82 Å². The lowest BCUT2D eigenvalue weighted by molar-refractivity contribution is -0.137. The molecule has 0 aliphatic rings. The average Bonchev–Trinajstić information content (AvgIpc) is 2.65. The molecule has 2 aromatic heterocycles. The number of nitrogens with zero attached hydrogens (tertiary/aromatic N) is 3. The van der Waals surface area contributed by atoms with Crippen LogP contribution in [0.5, 0.6) is 0 Å². The molecular formula is C9H4F3N3O3. The van der Waals surface area contributed by atoms with Crippen molar-refractivity contribution in [1.29, 1.82) is 0 Å². The molecule has 18 heavy (non-hydrogen) atoms. The van der Waals surface area contributed by atoms with Gasteiger partial charge in [0.05, 0.1) is 5.56 Å². The summed E-state index contributed by atoms with van der Waals surface area (Å²) in [5.41, 5.74) is -1.99. The molecule has 0 saturated carbocycles. The highest BCUT2D eigenvalue weighted by atomic mass is 19.4. The number of imidazole rings is 1. The van der Waals surface area contributed by atoms with Crippen LogP contribution in [-0.4, -0.2) is 20.5 Å². The largest absolute Gasteiger partial charge is 0.476 e. The molecule has 0 unspecified atom stereocenters. The number of carbonyl (C=O) groups is 1. The third-order valence-corrected chi connectivity index (χ3v) is 2.22. The third-order valence-electron chi connectivity index (χ3n) is 2.22. The van der Waals surface area contributed by atoms with Crippen LogP contribution >= 0.6 is 0 Å². The van der Waals surface area contributed by atoms with E-state index in [9.17, 15) is 22.9 Å². The first kappa shape index (κ1) is 12.0. The van der Waals surface area contributed by atoms with Crippen LogP contribution < -0.4 is 0 Å². The van der Waals surface area contributed by atoms with E-state index in [1.807, 2.05) is 0 Å². The summed E-state index contributed by atoms with van der Waals surface area (Å²) < 4.78 is 38.2. The minimum absolute atomic E-state index is 0.308. The van der Waals surface area contributed by atoms with Crippen molar-refractivity contribution in [2.45, 2.75) is 6.18 Å². The highest BCUT2D eigenvalue weighted by Gasteiger charge is 2.31. The van der Waals surface area contributed by atoms with E-state index in [4.69, 9.17) is 5.11 Å². The van der Waals surface area contributed by atoms with Gasteiger partial charge < -0.3 is 5.11 Å². The van der Waals surface area contributed by atoms with Crippen LogP contribution in [0, 0.1) is 4.91 Å². The van der Waals surface area contributed by atoms with Crippen molar-refractivity contribution in [3.05, 3.63) is 34.5 Å². The molecule has 0 spiro atoms. The molecule has 0 amide bonds. The second-order valence-corrected chi connectivity index (χ2v) is 3.32. The van der Waals surface area contributed by atoms with Gasteiger partial charge in [0.1, 0.15) is 5.65 Å². The quantitative estimate of drug-likeness (QED) is 0.839. The fourth-order valence-electron chi connectivity index (χ4n) is 1.44. The average molecular weight is 259 g/mol. The molecule has 0 atom stereocenters. The van der Waals surface area contributed by atoms with E-state index >= 15 is 0 Å². The SMILES string of the molecule is O=Nc1c(C(=O)O)nc2cc(C(F)(F)F)ccn12. The van der Waals surface area contributed by atoms with Crippen molar-refractivity contribution in [1.82, 2.24) is 9.38 Å². The number of rotatable bonds is 2. The van der Waals surface area contributed by atoms with Crippen LogP contribution in [0.3, 0.4) is 0 Å². The number of hydrogen-bond donors (Lipinski definition) is 1. The maximum atomic E-state index is 12.4. The zero-order valence-electron chi connectivity index (χ0n) is 8.47. The van der Waals surface area contributed by atoms with Crippen LogP contribution in [0.2, 0.25) is 0 Å². The molecular weight excluding hydrogens is 255 g/mol. The van der Waals surface area contributed by atoms with E-state index in [0.29, 0.717) is 12.1 Å². The Kier molecular flexibility index (Phi) is 2.53. The number of carboxylic acid groups (broad SMARTS) is 1. The van der Waals surface area contributed by atoms with E-state index in [2.05, 4.69) is 10.2 Å². The van der Waals surface area contributed by atoms with Crippen molar-refractivity contribution < 1.29 is 23.1 Å². The molecule has 9 heteroatoms. The molecule has 0 saturated heterocycles. The van der Waals surface area contributed by atoms with Gasteiger partial charge in [0.15, 0.2) is 5.69 Å². The fraction of sp³-hybridized carbons (Fsp3) is 0.111. The number of fused-ring (bicyclic) bond motifs is 1. The summed E-state index contributed by atoms with van der Waals surface area (Å²) >= 11 is 0. The van der Waals surface area contributed by atoms with Gasteiger partial charge in [-0.25, -0.2) is 9.78 Å². The van der Waals surface area contributed by atoms with Crippen LogP contribution in [0.25, 0.3) is 5.65 Å². The van der Waals surface area contributed by atoms with Gasteiger partial charge in [0, 0.05) is 6.20 Å². The maximum Gasteiger partial charge on any atom is 0.416 e. The molecule has 0 aliphatic carbocycles. The predicted octanol–water partition coefficient (Wildman–Crippen LogP) is 2.45. The Morgan fingerprint density at radius 3 is 2.61 bits per heavy atom. The van der Waals surface area contributed by atoms with Crippen molar-refractivity contribution in [3.63, 3.8) is 0 Å². The smallest absolute Gasteiger partial charge is 0.416 e. The number of aromatic carboxylic acids is 1. The zero-order valence-corrected chi connectivity index (χ0v) is 8.47. The van der Waals surface area contributed by atoms with E-state index < -0.39 is 29.2 Å². The molecule has 2 heterocycles. The van der Waals surface area contributed by atoms with Gasteiger partial charge in [-0.1, -0.05) is 0 Å². The first-order valence-corrected chi connectivity index (χ1v) is 4.50. The van der Waals surface area contributed by atoms with Crippen LogP contribution in [0.15, 0.2) is 23.5 Å². The zero-order chi connectivity index (χ0) is 13.5. The molecule has 94 valence electrons. The minimum Gasteiger partial charge on any atom is -0.476 e. The Bertz CT molecular complexity index is 648. The van der Waals surface area contributed by atoms with Gasteiger partial charge >= 0.3 is 12.1 Å². The second-order valence-electron chi connectivity index (χ2n) is 3.32. The Morgan fingerprint density at radius 1 is 1.44 bits per heavy atom. The number of halogens is 3. The summed E-state index contributed by atoms with van der Waals surface area (Å²) in [6, 6.07) is 1.34.